The van der Waals surface area contributed by atoms with Gasteiger partial charge in [0, 0.05) is 6.42 Å². The van der Waals surface area contributed by atoms with Crippen molar-refractivity contribution in [3.05, 3.63) is 27.7 Å². The van der Waals surface area contributed by atoms with Gasteiger partial charge >= 0.3 is 11.9 Å². The third-order valence-corrected chi connectivity index (χ3v) is 3.09. The maximum absolute atomic E-state index is 11.7. The van der Waals surface area contributed by atoms with E-state index in [9.17, 15) is 9.59 Å². The van der Waals surface area contributed by atoms with Crippen molar-refractivity contribution < 1.29 is 19.1 Å². The van der Waals surface area contributed by atoms with E-state index < -0.39 is 5.97 Å². The number of carbonyl (C=O) groups is 2. The molecule has 0 atom stereocenters. The van der Waals surface area contributed by atoms with Crippen LogP contribution in [0.1, 0.15) is 23.2 Å². The van der Waals surface area contributed by atoms with Crippen LogP contribution >= 0.6 is 23.2 Å². The first-order valence-electron chi connectivity index (χ1n) is 5.44. The molecule has 0 aliphatic rings. The molecular formula is C12H13Cl2NO4. The summed E-state index contributed by atoms with van der Waals surface area (Å²) in [6, 6.07) is 2.76. The Bertz CT molecular complexity index is 468. The van der Waals surface area contributed by atoms with E-state index in [1.165, 1.54) is 19.2 Å². The largest absolute Gasteiger partial charge is 0.469 e. The number of halogens is 2. The quantitative estimate of drug-likeness (QED) is 0.514. The highest BCUT2D eigenvalue weighted by Crippen LogP contribution is 2.29. The van der Waals surface area contributed by atoms with Crippen molar-refractivity contribution in [1.82, 2.24) is 0 Å². The first kappa shape index (κ1) is 15.6. The summed E-state index contributed by atoms with van der Waals surface area (Å²) in [6.45, 7) is 0.105. The van der Waals surface area contributed by atoms with Crippen molar-refractivity contribution in [2.24, 2.45) is 0 Å². The van der Waals surface area contributed by atoms with Gasteiger partial charge in [-0.3, -0.25) is 4.79 Å². The van der Waals surface area contributed by atoms with Crippen LogP contribution in [0.3, 0.4) is 0 Å². The molecule has 19 heavy (non-hydrogen) atoms. The normalized spacial score (nSPS) is 10.1. The van der Waals surface area contributed by atoms with Gasteiger partial charge in [0.2, 0.25) is 0 Å². The predicted molar refractivity (Wildman–Crippen MR) is 72.4 cm³/mol. The van der Waals surface area contributed by atoms with Crippen LogP contribution in [0.4, 0.5) is 5.69 Å². The number of hydrogen-bond acceptors (Lipinski definition) is 5. The molecule has 1 aromatic rings. The topological polar surface area (TPSA) is 78.6 Å². The number of anilines is 1. The van der Waals surface area contributed by atoms with E-state index in [0.29, 0.717) is 6.42 Å². The lowest BCUT2D eigenvalue weighted by Gasteiger charge is -2.07. The third-order valence-electron chi connectivity index (χ3n) is 2.28. The molecule has 0 bridgehead atoms. The molecule has 1 rings (SSSR count). The maximum Gasteiger partial charge on any atom is 0.338 e. The molecule has 7 heteroatoms. The van der Waals surface area contributed by atoms with Crippen molar-refractivity contribution in [1.29, 1.82) is 0 Å². The van der Waals surface area contributed by atoms with Crippen LogP contribution in [0.15, 0.2) is 12.1 Å². The van der Waals surface area contributed by atoms with E-state index in [4.69, 9.17) is 33.7 Å². The first-order chi connectivity index (χ1) is 8.95. The molecule has 0 aliphatic carbocycles. The number of esters is 2. The molecule has 0 heterocycles. The predicted octanol–water partition coefficient (Wildman–Crippen LogP) is 2.69. The number of benzene rings is 1. The number of carbonyl (C=O) groups excluding carboxylic acids is 2. The number of methoxy groups -OCH3 is 1. The van der Waals surface area contributed by atoms with E-state index in [0.717, 1.165) is 0 Å². The van der Waals surface area contributed by atoms with Crippen LogP contribution in [0, 0.1) is 0 Å². The summed E-state index contributed by atoms with van der Waals surface area (Å²) in [4.78, 5) is 22.5. The fourth-order valence-corrected chi connectivity index (χ4v) is 1.63. The van der Waals surface area contributed by atoms with E-state index in [1.54, 1.807) is 0 Å². The van der Waals surface area contributed by atoms with Crippen LogP contribution in [0.25, 0.3) is 0 Å². The van der Waals surface area contributed by atoms with Crippen LogP contribution in [0.2, 0.25) is 10.0 Å². The minimum Gasteiger partial charge on any atom is -0.469 e. The molecule has 0 amide bonds. The molecule has 0 unspecified atom stereocenters. The van der Waals surface area contributed by atoms with Gasteiger partial charge in [0.25, 0.3) is 0 Å². The average Bonchev–Trinajstić information content (AvgIpc) is 2.39. The van der Waals surface area contributed by atoms with Crippen molar-refractivity contribution in [2.75, 3.05) is 19.5 Å². The highest BCUT2D eigenvalue weighted by atomic mass is 35.5. The highest BCUT2D eigenvalue weighted by Gasteiger charge is 2.12. The zero-order valence-electron chi connectivity index (χ0n) is 10.2. The van der Waals surface area contributed by atoms with Gasteiger partial charge in [-0.25, -0.2) is 4.79 Å². The van der Waals surface area contributed by atoms with Crippen molar-refractivity contribution in [2.45, 2.75) is 12.8 Å². The summed E-state index contributed by atoms with van der Waals surface area (Å²) in [6.07, 6.45) is 0.572. The summed E-state index contributed by atoms with van der Waals surface area (Å²) >= 11 is 11.6. The zero-order valence-corrected chi connectivity index (χ0v) is 11.8. The molecule has 0 saturated heterocycles. The lowest BCUT2D eigenvalue weighted by Crippen LogP contribution is -2.09. The second kappa shape index (κ2) is 7.21. The van der Waals surface area contributed by atoms with E-state index in [-0.39, 0.29) is 40.3 Å². The molecule has 0 fully saturated rings. The summed E-state index contributed by atoms with van der Waals surface area (Å²) in [5, 5.41) is 0.382. The Labute approximate surface area is 120 Å². The molecule has 2 N–H and O–H groups in total. The highest BCUT2D eigenvalue weighted by molar-refractivity contribution is 6.43. The van der Waals surface area contributed by atoms with E-state index >= 15 is 0 Å². The molecule has 0 radical (unpaired) electrons. The second-order valence-corrected chi connectivity index (χ2v) is 4.46. The fraction of sp³-hybridized carbons (Fsp3) is 0.333. The SMILES string of the molecule is COC(=O)CCCOC(=O)c1cc(N)c(Cl)c(Cl)c1. The molecule has 0 spiro atoms. The van der Waals surface area contributed by atoms with Gasteiger partial charge in [0.1, 0.15) is 0 Å². The van der Waals surface area contributed by atoms with Crippen molar-refractivity contribution >= 4 is 40.8 Å². The van der Waals surface area contributed by atoms with E-state index in [1.807, 2.05) is 0 Å². The lowest BCUT2D eigenvalue weighted by atomic mass is 10.2. The summed E-state index contributed by atoms with van der Waals surface area (Å²) in [5.74, 6) is -0.926. The molecule has 1 aromatic carbocycles. The Morgan fingerprint density at radius 1 is 1.32 bits per heavy atom. The first-order valence-corrected chi connectivity index (χ1v) is 6.19. The Kier molecular flexibility index (Phi) is 5.92. The lowest BCUT2D eigenvalue weighted by molar-refractivity contribution is -0.140. The molecule has 0 saturated carbocycles. The van der Waals surface area contributed by atoms with Crippen molar-refractivity contribution in [3.63, 3.8) is 0 Å². The maximum atomic E-state index is 11.7. The van der Waals surface area contributed by atoms with Gasteiger partial charge in [0.15, 0.2) is 0 Å². The summed E-state index contributed by atoms with van der Waals surface area (Å²) < 4.78 is 9.43. The van der Waals surface area contributed by atoms with Gasteiger partial charge in [-0.2, -0.15) is 0 Å². The zero-order chi connectivity index (χ0) is 14.4. The Morgan fingerprint density at radius 2 is 2.00 bits per heavy atom. The average molecular weight is 306 g/mol. The van der Waals surface area contributed by atoms with Gasteiger partial charge < -0.3 is 15.2 Å². The smallest absolute Gasteiger partial charge is 0.338 e. The van der Waals surface area contributed by atoms with Crippen molar-refractivity contribution in [3.8, 4) is 0 Å². The Morgan fingerprint density at radius 3 is 2.58 bits per heavy atom. The van der Waals surface area contributed by atoms with Crippen LogP contribution in [0.5, 0.6) is 0 Å². The van der Waals surface area contributed by atoms with Gasteiger partial charge in [0.05, 0.1) is 35.0 Å². The number of rotatable bonds is 5. The Hall–Kier alpha value is -1.46. The molecular weight excluding hydrogens is 293 g/mol. The third kappa shape index (κ3) is 4.61. The fourth-order valence-electron chi connectivity index (χ4n) is 1.29. The number of hydrogen-bond donors (Lipinski definition) is 1. The van der Waals surface area contributed by atoms with E-state index in [2.05, 4.69) is 4.74 Å². The van der Waals surface area contributed by atoms with Crippen LogP contribution in [-0.2, 0) is 14.3 Å². The minimum atomic E-state index is -0.574. The Balaban J connectivity index is 2.52. The monoisotopic (exact) mass is 305 g/mol. The minimum absolute atomic E-state index is 0.105. The standard InChI is InChI=1S/C12H13Cl2NO4/c1-18-10(16)3-2-4-19-12(17)7-5-8(13)11(14)9(15)6-7/h5-6H,2-4,15H2,1H3. The second-order valence-electron chi connectivity index (χ2n) is 3.68. The van der Waals surface area contributed by atoms with Crippen LogP contribution < -0.4 is 5.73 Å². The number of nitrogens with two attached hydrogens (primary N) is 1. The van der Waals surface area contributed by atoms with Gasteiger partial charge in [-0.15, -0.1) is 0 Å². The summed E-state index contributed by atoms with van der Waals surface area (Å²) in [5.41, 5.74) is 6.00. The van der Waals surface area contributed by atoms with Gasteiger partial charge in [-0.1, -0.05) is 23.2 Å². The molecule has 0 aliphatic heterocycles. The summed E-state index contributed by atoms with van der Waals surface area (Å²) in [7, 11) is 1.30. The molecule has 104 valence electrons. The molecule has 5 nitrogen and oxygen atoms in total. The number of ether oxygens (including phenoxy) is 2. The number of nitrogen functional groups attached to an aromatic ring is 1. The van der Waals surface area contributed by atoms with Crippen LogP contribution in [-0.4, -0.2) is 25.7 Å². The molecule has 0 aromatic heterocycles. The van der Waals surface area contributed by atoms with Gasteiger partial charge in [-0.05, 0) is 18.6 Å².